The highest BCUT2D eigenvalue weighted by atomic mass is 16.5. The van der Waals surface area contributed by atoms with Crippen molar-refractivity contribution in [2.24, 2.45) is 11.3 Å². The van der Waals surface area contributed by atoms with E-state index in [0.29, 0.717) is 18.1 Å². The minimum atomic E-state index is 0.226. The van der Waals surface area contributed by atoms with E-state index in [1.165, 1.54) is 18.4 Å². The van der Waals surface area contributed by atoms with Crippen LogP contribution in [0.15, 0.2) is 4.52 Å². The zero-order valence-corrected chi connectivity index (χ0v) is 12.3. The van der Waals surface area contributed by atoms with Crippen LogP contribution in [0, 0.1) is 25.2 Å². The van der Waals surface area contributed by atoms with Gasteiger partial charge in [0.15, 0.2) is 0 Å². The second-order valence-corrected chi connectivity index (χ2v) is 6.58. The first kappa shape index (κ1) is 13.1. The molecule has 0 bridgehead atoms. The molecule has 1 aromatic heterocycles. The van der Waals surface area contributed by atoms with Gasteiger partial charge in [0.25, 0.3) is 0 Å². The summed E-state index contributed by atoms with van der Waals surface area (Å²) in [7, 11) is 0. The topological polar surface area (TPSA) is 47.3 Å². The monoisotopic (exact) mass is 264 g/mol. The van der Waals surface area contributed by atoms with Crippen molar-refractivity contribution in [1.29, 1.82) is 0 Å². The number of hydrogen-bond acceptors (Lipinski definition) is 4. The van der Waals surface area contributed by atoms with Crippen molar-refractivity contribution in [3.05, 3.63) is 17.0 Å². The second-order valence-electron chi connectivity index (χ2n) is 6.58. The quantitative estimate of drug-likeness (QED) is 0.911. The number of hydrogen-bond donors (Lipinski definition) is 1. The smallest absolute Gasteiger partial charge is 0.138 e. The highest BCUT2D eigenvalue weighted by Gasteiger charge is 2.57. The summed E-state index contributed by atoms with van der Waals surface area (Å²) in [6.07, 6.45) is 2.91. The first-order chi connectivity index (χ1) is 9.01. The van der Waals surface area contributed by atoms with E-state index in [1.54, 1.807) is 0 Å². The Labute approximate surface area is 114 Å². The number of nitrogens with zero attached hydrogens (tertiary/aromatic N) is 1. The molecular formula is C15H24N2O2. The average Bonchev–Trinajstić information content (AvgIpc) is 2.70. The number of fused-ring (bicyclic) bond motifs is 1. The van der Waals surface area contributed by atoms with Gasteiger partial charge in [0.05, 0.1) is 11.8 Å². The molecule has 3 unspecified atom stereocenters. The molecule has 2 heterocycles. The first-order valence-corrected chi connectivity index (χ1v) is 7.28. The summed E-state index contributed by atoms with van der Waals surface area (Å²) in [6.45, 7) is 10.4. The number of ether oxygens (including phenoxy) is 1. The Morgan fingerprint density at radius 1 is 1.37 bits per heavy atom. The van der Waals surface area contributed by atoms with E-state index in [9.17, 15) is 0 Å². The molecule has 1 aromatic rings. The van der Waals surface area contributed by atoms with Gasteiger partial charge in [0, 0.05) is 36.1 Å². The van der Waals surface area contributed by atoms with E-state index in [-0.39, 0.29) is 5.41 Å². The molecule has 2 fully saturated rings. The lowest BCUT2D eigenvalue weighted by molar-refractivity contribution is -0.193. The second kappa shape index (κ2) is 4.60. The molecule has 1 aliphatic carbocycles. The summed E-state index contributed by atoms with van der Waals surface area (Å²) < 4.78 is 11.2. The molecule has 4 heteroatoms. The van der Waals surface area contributed by atoms with E-state index >= 15 is 0 Å². The number of nitrogens with one attached hydrogen (secondary N) is 1. The van der Waals surface area contributed by atoms with Crippen molar-refractivity contribution in [3.63, 3.8) is 0 Å². The maximum Gasteiger partial charge on any atom is 0.138 e. The van der Waals surface area contributed by atoms with Gasteiger partial charge in [0.1, 0.15) is 5.76 Å². The minimum Gasteiger partial charge on any atom is -0.377 e. The predicted octanol–water partition coefficient (Wildman–Crippen LogP) is 2.58. The summed E-state index contributed by atoms with van der Waals surface area (Å²) >= 11 is 0. The molecule has 0 aromatic carbocycles. The van der Waals surface area contributed by atoms with Gasteiger partial charge in [-0.15, -0.1) is 0 Å². The number of aryl methyl sites for hydroxylation is 2. The summed E-state index contributed by atoms with van der Waals surface area (Å²) in [5.41, 5.74) is 2.43. The first-order valence-electron chi connectivity index (χ1n) is 7.28. The molecule has 1 saturated heterocycles. The SMILES string of the molecule is Cc1noc(C)c1CNC1C2CCCOC2C1(C)C. The van der Waals surface area contributed by atoms with Crippen molar-refractivity contribution >= 4 is 0 Å². The molecule has 3 atom stereocenters. The molecule has 0 spiro atoms. The zero-order valence-electron chi connectivity index (χ0n) is 12.3. The molecule has 0 radical (unpaired) electrons. The van der Waals surface area contributed by atoms with Crippen molar-refractivity contribution in [3.8, 4) is 0 Å². The van der Waals surface area contributed by atoms with Gasteiger partial charge in [0.2, 0.25) is 0 Å². The highest BCUT2D eigenvalue weighted by molar-refractivity contribution is 5.21. The maximum atomic E-state index is 5.94. The molecule has 3 rings (SSSR count). The van der Waals surface area contributed by atoms with Crippen LogP contribution in [0.5, 0.6) is 0 Å². The Bertz CT molecular complexity index is 447. The van der Waals surface area contributed by atoms with Crippen molar-refractivity contribution in [1.82, 2.24) is 10.5 Å². The third-order valence-electron chi connectivity index (χ3n) is 5.01. The van der Waals surface area contributed by atoms with Crippen LogP contribution in [0.3, 0.4) is 0 Å². The van der Waals surface area contributed by atoms with E-state index < -0.39 is 0 Å². The Hall–Kier alpha value is -0.870. The summed E-state index contributed by atoms with van der Waals surface area (Å²) in [6, 6.07) is 0.534. The largest absolute Gasteiger partial charge is 0.377 e. The van der Waals surface area contributed by atoms with Gasteiger partial charge in [-0.2, -0.15) is 0 Å². The normalized spacial score (nSPS) is 32.7. The van der Waals surface area contributed by atoms with Gasteiger partial charge in [-0.3, -0.25) is 0 Å². The average molecular weight is 264 g/mol. The molecular weight excluding hydrogens is 240 g/mol. The van der Waals surface area contributed by atoms with Gasteiger partial charge in [-0.05, 0) is 26.7 Å². The lowest BCUT2D eigenvalue weighted by atomic mass is 9.55. The third kappa shape index (κ3) is 2.01. The Kier molecular flexibility index (Phi) is 3.18. The van der Waals surface area contributed by atoms with Gasteiger partial charge in [-0.1, -0.05) is 19.0 Å². The highest BCUT2D eigenvalue weighted by Crippen LogP contribution is 2.51. The molecule has 19 heavy (non-hydrogen) atoms. The molecule has 106 valence electrons. The minimum absolute atomic E-state index is 0.226. The maximum absolute atomic E-state index is 5.94. The van der Waals surface area contributed by atoms with E-state index in [0.717, 1.165) is 24.6 Å². The molecule has 0 amide bonds. The standard InChI is InChI=1S/C15H24N2O2/c1-9-12(10(2)19-17-9)8-16-13-11-6-5-7-18-14(11)15(13,3)4/h11,13-14,16H,5-8H2,1-4H3. The Morgan fingerprint density at radius 2 is 2.16 bits per heavy atom. The van der Waals surface area contributed by atoms with E-state index in [1.807, 2.05) is 13.8 Å². The fourth-order valence-electron chi connectivity index (χ4n) is 3.90. The van der Waals surface area contributed by atoms with Crippen LogP contribution >= 0.6 is 0 Å². The van der Waals surface area contributed by atoms with Crippen molar-refractivity contribution in [2.75, 3.05) is 6.61 Å². The summed E-state index contributed by atoms with van der Waals surface area (Å²) in [5, 5.41) is 7.73. The molecule has 1 saturated carbocycles. The summed E-state index contributed by atoms with van der Waals surface area (Å²) in [5.74, 6) is 1.60. The van der Waals surface area contributed by atoms with Crippen molar-refractivity contribution < 1.29 is 9.26 Å². The van der Waals surface area contributed by atoms with Crippen LogP contribution in [-0.2, 0) is 11.3 Å². The van der Waals surface area contributed by atoms with E-state index in [4.69, 9.17) is 9.26 Å². The number of aromatic nitrogens is 1. The third-order valence-corrected chi connectivity index (χ3v) is 5.01. The fraction of sp³-hybridized carbons (Fsp3) is 0.800. The van der Waals surface area contributed by atoms with Crippen LogP contribution in [0.2, 0.25) is 0 Å². The molecule has 1 aliphatic heterocycles. The Morgan fingerprint density at radius 3 is 2.84 bits per heavy atom. The van der Waals surface area contributed by atoms with Crippen LogP contribution in [0.1, 0.15) is 43.7 Å². The van der Waals surface area contributed by atoms with Gasteiger partial charge >= 0.3 is 0 Å². The van der Waals surface area contributed by atoms with Gasteiger partial charge < -0.3 is 14.6 Å². The van der Waals surface area contributed by atoms with E-state index in [2.05, 4.69) is 24.3 Å². The molecule has 4 nitrogen and oxygen atoms in total. The van der Waals surface area contributed by atoms with Crippen LogP contribution < -0.4 is 5.32 Å². The molecule has 2 aliphatic rings. The van der Waals surface area contributed by atoms with Crippen LogP contribution in [0.25, 0.3) is 0 Å². The fourth-order valence-corrected chi connectivity index (χ4v) is 3.90. The predicted molar refractivity (Wildman–Crippen MR) is 72.8 cm³/mol. The van der Waals surface area contributed by atoms with Gasteiger partial charge in [-0.25, -0.2) is 0 Å². The lowest BCUT2D eigenvalue weighted by Crippen LogP contribution is -2.69. The van der Waals surface area contributed by atoms with Crippen LogP contribution in [0.4, 0.5) is 0 Å². The summed E-state index contributed by atoms with van der Waals surface area (Å²) in [4.78, 5) is 0. The van der Waals surface area contributed by atoms with Crippen LogP contribution in [-0.4, -0.2) is 23.9 Å². The zero-order chi connectivity index (χ0) is 13.6. The molecule has 1 N–H and O–H groups in total. The lowest BCUT2D eigenvalue weighted by Gasteiger charge is -2.60. The number of rotatable bonds is 3. The Balaban J connectivity index is 1.67. The van der Waals surface area contributed by atoms with Crippen molar-refractivity contribution in [2.45, 2.75) is 59.2 Å².